The molecule has 1 aromatic heterocycles. The number of hydrogen-bond acceptors (Lipinski definition) is 2. The first-order chi connectivity index (χ1) is 16.8. The van der Waals surface area contributed by atoms with E-state index in [0.29, 0.717) is 12.1 Å². The molecular weight excluding hydrogens is 498 g/mol. The molecule has 0 aliphatic rings. The lowest BCUT2D eigenvalue weighted by atomic mass is 9.94. The molecule has 3 aromatic carbocycles. The van der Waals surface area contributed by atoms with Gasteiger partial charge in [0.15, 0.2) is 0 Å². The molecule has 1 N–H and O–H groups in total. The van der Waals surface area contributed by atoms with Crippen molar-refractivity contribution in [3.63, 3.8) is 0 Å². The Morgan fingerprint density at radius 1 is 0.914 bits per heavy atom. The molecule has 0 bridgehead atoms. The number of imidazole rings is 1. The first-order valence-corrected chi connectivity index (χ1v) is 13.2. The molecule has 182 valence electrons. The number of nitrogens with one attached hydrogen (secondary N) is 1. The van der Waals surface area contributed by atoms with Gasteiger partial charge in [-0.1, -0.05) is 40.5 Å². The molecule has 0 spiro atoms. The summed E-state index contributed by atoms with van der Waals surface area (Å²) in [5.41, 5.74) is 9.79. The van der Waals surface area contributed by atoms with Gasteiger partial charge in [-0.3, -0.25) is 4.79 Å². The molecular formula is C30H34BrN3O. The molecule has 1 heterocycles. The van der Waals surface area contributed by atoms with Gasteiger partial charge in [-0.15, -0.1) is 0 Å². The number of halogens is 1. The lowest BCUT2D eigenvalue weighted by Gasteiger charge is -2.18. The van der Waals surface area contributed by atoms with E-state index in [0.717, 1.165) is 48.0 Å². The minimum Gasteiger partial charge on any atom is -0.352 e. The van der Waals surface area contributed by atoms with Gasteiger partial charge in [-0.25, -0.2) is 4.98 Å². The van der Waals surface area contributed by atoms with Crippen molar-refractivity contribution in [3.05, 3.63) is 98.3 Å². The highest BCUT2D eigenvalue weighted by molar-refractivity contribution is 9.10. The fourth-order valence-corrected chi connectivity index (χ4v) is 4.94. The highest BCUT2D eigenvalue weighted by Gasteiger charge is 2.15. The van der Waals surface area contributed by atoms with Crippen LogP contribution in [0.25, 0.3) is 11.0 Å². The van der Waals surface area contributed by atoms with Crippen LogP contribution in [0.5, 0.6) is 0 Å². The van der Waals surface area contributed by atoms with E-state index in [9.17, 15) is 4.79 Å². The number of carbonyl (C=O) groups excluding carboxylic acids is 1. The van der Waals surface area contributed by atoms with Crippen molar-refractivity contribution >= 4 is 32.9 Å². The standard InChI is InChI=1S/C30H34BrN3O/c1-20-18-21(2)23(4)26(22(20)3)19-34-28-11-8-7-10-27(28)33-29(34)12-6-5-9-17-32-30(35)24-13-15-25(31)16-14-24/h7-8,10-11,13-16,18H,5-6,9,12,17,19H2,1-4H3,(H,32,35). The van der Waals surface area contributed by atoms with Gasteiger partial charge in [0, 0.05) is 29.5 Å². The van der Waals surface area contributed by atoms with E-state index < -0.39 is 0 Å². The second-order valence-electron chi connectivity index (χ2n) is 9.42. The zero-order chi connectivity index (χ0) is 24.9. The van der Waals surface area contributed by atoms with Crippen LogP contribution < -0.4 is 5.32 Å². The number of hydrogen-bond donors (Lipinski definition) is 1. The predicted octanol–water partition coefficient (Wildman–Crippen LogP) is 7.22. The Morgan fingerprint density at radius 2 is 1.60 bits per heavy atom. The van der Waals surface area contributed by atoms with Gasteiger partial charge in [-0.05, 0) is 105 Å². The molecule has 0 radical (unpaired) electrons. The molecule has 0 aliphatic heterocycles. The summed E-state index contributed by atoms with van der Waals surface area (Å²) in [4.78, 5) is 17.3. The smallest absolute Gasteiger partial charge is 0.251 e. The van der Waals surface area contributed by atoms with Crippen LogP contribution in [-0.4, -0.2) is 22.0 Å². The van der Waals surface area contributed by atoms with E-state index >= 15 is 0 Å². The number of fused-ring (bicyclic) bond motifs is 1. The average Bonchev–Trinajstić information content (AvgIpc) is 3.20. The van der Waals surface area contributed by atoms with E-state index in [1.165, 1.54) is 33.3 Å². The number of nitrogens with zero attached hydrogens (tertiary/aromatic N) is 2. The third kappa shape index (κ3) is 5.84. The molecule has 4 nitrogen and oxygen atoms in total. The summed E-state index contributed by atoms with van der Waals surface area (Å²) in [6.45, 7) is 10.4. The van der Waals surface area contributed by atoms with Crippen LogP contribution in [0.3, 0.4) is 0 Å². The van der Waals surface area contributed by atoms with Crippen LogP contribution >= 0.6 is 15.9 Å². The molecule has 5 heteroatoms. The SMILES string of the molecule is Cc1cc(C)c(C)c(Cn2c(CCCCCNC(=O)c3ccc(Br)cc3)nc3ccccc32)c1C. The van der Waals surface area contributed by atoms with Gasteiger partial charge in [-0.2, -0.15) is 0 Å². The second-order valence-corrected chi connectivity index (χ2v) is 10.3. The number of rotatable bonds is 9. The summed E-state index contributed by atoms with van der Waals surface area (Å²) >= 11 is 3.40. The number of unbranched alkanes of at least 4 members (excludes halogenated alkanes) is 2. The number of aryl methyl sites for hydroxylation is 3. The van der Waals surface area contributed by atoms with Crippen molar-refractivity contribution in [1.82, 2.24) is 14.9 Å². The van der Waals surface area contributed by atoms with E-state index in [4.69, 9.17) is 4.98 Å². The highest BCUT2D eigenvalue weighted by Crippen LogP contribution is 2.26. The fraction of sp³-hybridized carbons (Fsp3) is 0.333. The molecule has 4 rings (SSSR count). The Labute approximate surface area is 216 Å². The zero-order valence-electron chi connectivity index (χ0n) is 21.1. The molecule has 1 amide bonds. The van der Waals surface area contributed by atoms with E-state index in [1.807, 2.05) is 24.3 Å². The van der Waals surface area contributed by atoms with Crippen molar-refractivity contribution in [2.24, 2.45) is 0 Å². The second kappa shape index (κ2) is 11.2. The monoisotopic (exact) mass is 531 g/mol. The van der Waals surface area contributed by atoms with E-state index in [-0.39, 0.29) is 5.91 Å². The Hall–Kier alpha value is -2.92. The predicted molar refractivity (Wildman–Crippen MR) is 148 cm³/mol. The molecule has 0 saturated carbocycles. The first-order valence-electron chi connectivity index (χ1n) is 12.4. The van der Waals surface area contributed by atoms with Gasteiger partial charge in [0.05, 0.1) is 11.0 Å². The number of benzene rings is 3. The summed E-state index contributed by atoms with van der Waals surface area (Å²) < 4.78 is 3.38. The van der Waals surface area contributed by atoms with Gasteiger partial charge in [0.25, 0.3) is 5.91 Å². The number of amides is 1. The van der Waals surface area contributed by atoms with Crippen LogP contribution in [0.4, 0.5) is 0 Å². The van der Waals surface area contributed by atoms with Crippen LogP contribution in [0, 0.1) is 27.7 Å². The Balaban J connectivity index is 1.40. The minimum atomic E-state index is -0.0153. The van der Waals surface area contributed by atoms with Gasteiger partial charge in [0.2, 0.25) is 0 Å². The maximum absolute atomic E-state index is 12.3. The number of aromatic nitrogens is 2. The fourth-order valence-electron chi connectivity index (χ4n) is 4.68. The van der Waals surface area contributed by atoms with Crippen LogP contribution in [-0.2, 0) is 13.0 Å². The van der Waals surface area contributed by atoms with Crippen molar-refractivity contribution in [2.75, 3.05) is 6.54 Å². The van der Waals surface area contributed by atoms with Crippen molar-refractivity contribution in [3.8, 4) is 0 Å². The van der Waals surface area contributed by atoms with Crippen molar-refractivity contribution in [1.29, 1.82) is 0 Å². The maximum atomic E-state index is 12.3. The maximum Gasteiger partial charge on any atom is 0.251 e. The van der Waals surface area contributed by atoms with Crippen LogP contribution in [0.15, 0.2) is 59.1 Å². The lowest BCUT2D eigenvalue weighted by molar-refractivity contribution is 0.0953. The number of carbonyl (C=O) groups is 1. The average molecular weight is 533 g/mol. The third-order valence-corrected chi connectivity index (χ3v) is 7.57. The normalized spacial score (nSPS) is 11.2. The molecule has 0 saturated heterocycles. The van der Waals surface area contributed by atoms with Gasteiger partial charge in [0.1, 0.15) is 5.82 Å². The molecule has 4 aromatic rings. The van der Waals surface area contributed by atoms with E-state index in [1.54, 1.807) is 0 Å². The zero-order valence-corrected chi connectivity index (χ0v) is 22.7. The van der Waals surface area contributed by atoms with Crippen molar-refractivity contribution in [2.45, 2.75) is 59.9 Å². The summed E-state index contributed by atoms with van der Waals surface area (Å²) in [5, 5.41) is 3.03. The van der Waals surface area contributed by atoms with Crippen LogP contribution in [0.2, 0.25) is 0 Å². The Bertz CT molecular complexity index is 1310. The largest absolute Gasteiger partial charge is 0.352 e. The summed E-state index contributed by atoms with van der Waals surface area (Å²) in [5.74, 6) is 1.13. The van der Waals surface area contributed by atoms with Crippen molar-refractivity contribution < 1.29 is 4.79 Å². The lowest BCUT2D eigenvalue weighted by Crippen LogP contribution is -2.24. The molecule has 0 unspecified atom stereocenters. The minimum absolute atomic E-state index is 0.0153. The molecule has 0 fully saturated rings. The molecule has 0 atom stereocenters. The first kappa shape index (κ1) is 25.2. The summed E-state index contributed by atoms with van der Waals surface area (Å²) in [7, 11) is 0. The summed E-state index contributed by atoms with van der Waals surface area (Å²) in [6, 6.07) is 18.2. The Kier molecular flexibility index (Phi) is 8.07. The third-order valence-electron chi connectivity index (χ3n) is 7.04. The highest BCUT2D eigenvalue weighted by atomic mass is 79.9. The molecule has 35 heavy (non-hydrogen) atoms. The molecule has 0 aliphatic carbocycles. The van der Waals surface area contributed by atoms with Gasteiger partial charge < -0.3 is 9.88 Å². The Morgan fingerprint density at radius 3 is 2.31 bits per heavy atom. The topological polar surface area (TPSA) is 46.9 Å². The quantitative estimate of drug-likeness (QED) is 0.231. The van der Waals surface area contributed by atoms with Crippen LogP contribution in [0.1, 0.15) is 63.3 Å². The van der Waals surface area contributed by atoms with Gasteiger partial charge >= 0.3 is 0 Å². The number of para-hydroxylation sites is 2. The van der Waals surface area contributed by atoms with E-state index in [2.05, 4.69) is 83.8 Å². The summed E-state index contributed by atoms with van der Waals surface area (Å²) in [6.07, 6.45) is 3.98.